The summed E-state index contributed by atoms with van der Waals surface area (Å²) in [4.78, 5) is 4.69. The van der Waals surface area contributed by atoms with E-state index in [-0.39, 0.29) is 11.2 Å². The molecule has 2 aromatic carbocycles. The molecule has 4 rings (SSSR count). The zero-order valence-electron chi connectivity index (χ0n) is 16.2. The topological polar surface area (TPSA) is 46.6 Å². The predicted octanol–water partition coefficient (Wildman–Crippen LogP) is 5.24. The van der Waals surface area contributed by atoms with E-state index in [9.17, 15) is 13.2 Å². The maximum atomic E-state index is 13.2. The van der Waals surface area contributed by atoms with Gasteiger partial charge in [0.15, 0.2) is 5.65 Å². The third-order valence-electron chi connectivity index (χ3n) is 5.19. The van der Waals surface area contributed by atoms with E-state index in [0.717, 1.165) is 29.1 Å². The summed E-state index contributed by atoms with van der Waals surface area (Å²) in [6, 6.07) is 14.7. The molecule has 0 aliphatic carbocycles. The Bertz CT molecular complexity index is 1280. The van der Waals surface area contributed by atoms with Gasteiger partial charge in [-0.1, -0.05) is 24.3 Å². The Labute approximate surface area is 165 Å². The number of hydrogen-bond acceptors (Lipinski definition) is 2. The molecule has 148 valence electrons. The molecule has 0 spiro atoms. The van der Waals surface area contributed by atoms with Gasteiger partial charge in [-0.15, -0.1) is 0 Å². The molecule has 2 aromatic heterocycles. The first-order valence-corrected chi connectivity index (χ1v) is 9.09. The van der Waals surface area contributed by atoms with Crippen molar-refractivity contribution in [1.82, 2.24) is 14.1 Å². The normalized spacial score (nSPS) is 11.9. The van der Waals surface area contributed by atoms with Gasteiger partial charge < -0.3 is 0 Å². The second kappa shape index (κ2) is 6.62. The molecular formula is C22H19F3N4. The largest absolute Gasteiger partial charge is 0.416 e. The molecule has 4 nitrogen and oxygen atoms in total. The fraction of sp³-hybridized carbons (Fsp3) is 0.182. The molecule has 0 amide bonds. The Morgan fingerprint density at radius 2 is 1.52 bits per heavy atom. The Balaban J connectivity index is 2.03. The van der Waals surface area contributed by atoms with Crippen LogP contribution >= 0.6 is 0 Å². The van der Waals surface area contributed by atoms with Crippen LogP contribution in [-0.4, -0.2) is 14.1 Å². The Hall–Kier alpha value is -3.35. The summed E-state index contributed by atoms with van der Waals surface area (Å²) in [6.45, 7) is 5.56. The summed E-state index contributed by atoms with van der Waals surface area (Å²) in [5.74, 6) is 0.441. The molecule has 7 heteroatoms. The van der Waals surface area contributed by atoms with Crippen LogP contribution < -0.4 is 5.49 Å². The number of para-hydroxylation sites is 1. The lowest BCUT2D eigenvalue weighted by atomic mass is 10.1. The molecule has 0 saturated heterocycles. The molecule has 0 aliphatic rings. The van der Waals surface area contributed by atoms with E-state index < -0.39 is 11.7 Å². The van der Waals surface area contributed by atoms with Gasteiger partial charge in [-0.05, 0) is 56.7 Å². The summed E-state index contributed by atoms with van der Waals surface area (Å²) >= 11 is 0. The van der Waals surface area contributed by atoms with Crippen LogP contribution in [-0.2, 0) is 6.18 Å². The average Bonchev–Trinajstić information content (AvgIpc) is 2.92. The minimum atomic E-state index is -4.45. The number of alkyl halides is 3. The summed E-state index contributed by atoms with van der Waals surface area (Å²) in [6.07, 6.45) is -4.45. The number of halogens is 3. The van der Waals surface area contributed by atoms with E-state index in [2.05, 4.69) is 4.98 Å². The molecule has 4 aromatic rings. The Morgan fingerprint density at radius 1 is 0.862 bits per heavy atom. The Kier molecular flexibility index (Phi) is 4.33. The molecule has 0 unspecified atom stereocenters. The van der Waals surface area contributed by atoms with Crippen LogP contribution in [0.3, 0.4) is 0 Å². The van der Waals surface area contributed by atoms with Gasteiger partial charge in [0, 0.05) is 17.1 Å². The fourth-order valence-electron chi connectivity index (χ4n) is 3.68. The number of benzene rings is 2. The first-order chi connectivity index (χ1) is 13.7. The van der Waals surface area contributed by atoms with Crippen LogP contribution in [0.5, 0.6) is 0 Å². The van der Waals surface area contributed by atoms with Crippen molar-refractivity contribution in [3.05, 3.63) is 82.7 Å². The molecule has 1 N–H and O–H groups in total. The molecule has 0 fully saturated rings. The quantitative estimate of drug-likeness (QED) is 0.495. The van der Waals surface area contributed by atoms with Gasteiger partial charge in [-0.2, -0.15) is 13.2 Å². The lowest BCUT2D eigenvalue weighted by Crippen LogP contribution is -2.23. The number of aromatic nitrogens is 3. The van der Waals surface area contributed by atoms with Gasteiger partial charge in [0.2, 0.25) is 0 Å². The number of hydrogen-bond donors (Lipinski definition) is 1. The van der Waals surface area contributed by atoms with Crippen molar-refractivity contribution in [3.63, 3.8) is 0 Å². The van der Waals surface area contributed by atoms with Crippen molar-refractivity contribution >= 4 is 11.0 Å². The Morgan fingerprint density at radius 3 is 2.17 bits per heavy atom. The number of rotatable bonds is 2. The monoisotopic (exact) mass is 396 g/mol. The SMILES string of the molecule is Cc1c(C)n(-c2ccccc2)c2nc(C)n(-c3cccc(C(F)(F)F)c3)c(=N)c12. The first kappa shape index (κ1) is 19.0. The molecule has 0 bridgehead atoms. The van der Waals surface area contributed by atoms with Crippen LogP contribution in [0.2, 0.25) is 0 Å². The minimum Gasteiger partial charge on any atom is -0.298 e. The van der Waals surface area contributed by atoms with Crippen molar-refractivity contribution < 1.29 is 13.2 Å². The van der Waals surface area contributed by atoms with E-state index in [1.165, 1.54) is 10.6 Å². The molecule has 0 aliphatic heterocycles. The van der Waals surface area contributed by atoms with E-state index in [1.807, 2.05) is 48.7 Å². The maximum absolute atomic E-state index is 13.2. The first-order valence-electron chi connectivity index (χ1n) is 9.09. The lowest BCUT2D eigenvalue weighted by Gasteiger charge is -2.15. The lowest BCUT2D eigenvalue weighted by molar-refractivity contribution is -0.137. The molecular weight excluding hydrogens is 377 g/mol. The van der Waals surface area contributed by atoms with E-state index in [4.69, 9.17) is 5.41 Å². The van der Waals surface area contributed by atoms with E-state index in [0.29, 0.717) is 16.9 Å². The highest BCUT2D eigenvalue weighted by Crippen LogP contribution is 2.31. The highest BCUT2D eigenvalue weighted by Gasteiger charge is 2.30. The van der Waals surface area contributed by atoms with Crippen molar-refractivity contribution in [2.45, 2.75) is 26.9 Å². The van der Waals surface area contributed by atoms with E-state index >= 15 is 0 Å². The standard InChI is InChI=1S/C22H19F3N4/c1-13-14(2)28(17-9-5-4-6-10-17)21-19(13)20(26)29(15(3)27-21)18-11-7-8-16(12-18)22(23,24)25/h4-12,26H,1-3H3. The van der Waals surface area contributed by atoms with Crippen molar-refractivity contribution in [2.75, 3.05) is 0 Å². The highest BCUT2D eigenvalue weighted by atomic mass is 19.4. The number of aryl methyl sites for hydroxylation is 2. The van der Waals surface area contributed by atoms with Gasteiger partial charge in [0.25, 0.3) is 0 Å². The average molecular weight is 396 g/mol. The summed E-state index contributed by atoms with van der Waals surface area (Å²) in [5.41, 5.74) is 2.98. The third-order valence-corrected chi connectivity index (χ3v) is 5.19. The maximum Gasteiger partial charge on any atom is 0.416 e. The van der Waals surface area contributed by atoms with Crippen molar-refractivity contribution in [2.24, 2.45) is 0 Å². The van der Waals surface area contributed by atoms with Crippen LogP contribution in [0, 0.1) is 26.2 Å². The summed E-state index contributed by atoms with van der Waals surface area (Å²) in [5, 5.41) is 9.41. The van der Waals surface area contributed by atoms with Crippen LogP contribution in [0.1, 0.15) is 22.6 Å². The number of nitrogens with zero attached hydrogens (tertiary/aromatic N) is 3. The zero-order chi connectivity index (χ0) is 20.9. The third kappa shape index (κ3) is 3.03. The smallest absolute Gasteiger partial charge is 0.298 e. The number of nitrogens with one attached hydrogen (secondary N) is 1. The molecule has 29 heavy (non-hydrogen) atoms. The zero-order valence-corrected chi connectivity index (χ0v) is 16.2. The second-order valence-corrected chi connectivity index (χ2v) is 6.97. The second-order valence-electron chi connectivity index (χ2n) is 6.97. The van der Waals surface area contributed by atoms with Crippen LogP contribution in [0.15, 0.2) is 54.6 Å². The predicted molar refractivity (Wildman–Crippen MR) is 105 cm³/mol. The molecule has 0 saturated carbocycles. The van der Waals surface area contributed by atoms with Crippen molar-refractivity contribution in [1.29, 1.82) is 5.41 Å². The van der Waals surface area contributed by atoms with Crippen molar-refractivity contribution in [3.8, 4) is 11.4 Å². The summed E-state index contributed by atoms with van der Waals surface area (Å²) in [7, 11) is 0. The number of fused-ring (bicyclic) bond motifs is 1. The van der Waals surface area contributed by atoms with Gasteiger partial charge in [0.05, 0.1) is 10.9 Å². The molecule has 0 radical (unpaired) electrons. The van der Waals surface area contributed by atoms with Gasteiger partial charge in [-0.3, -0.25) is 14.5 Å². The van der Waals surface area contributed by atoms with Gasteiger partial charge in [-0.25, -0.2) is 4.98 Å². The fourth-order valence-corrected chi connectivity index (χ4v) is 3.68. The molecule has 0 atom stereocenters. The highest BCUT2D eigenvalue weighted by molar-refractivity contribution is 5.83. The van der Waals surface area contributed by atoms with Gasteiger partial charge >= 0.3 is 6.18 Å². The van der Waals surface area contributed by atoms with Crippen LogP contribution in [0.4, 0.5) is 13.2 Å². The van der Waals surface area contributed by atoms with Crippen LogP contribution in [0.25, 0.3) is 22.4 Å². The molecule has 2 heterocycles. The minimum absolute atomic E-state index is 0.113. The summed E-state index contributed by atoms with van der Waals surface area (Å²) < 4.78 is 42.9. The van der Waals surface area contributed by atoms with E-state index in [1.54, 1.807) is 13.0 Å². The van der Waals surface area contributed by atoms with Gasteiger partial charge in [0.1, 0.15) is 11.3 Å².